The molecule has 120 valence electrons. The van der Waals surface area contributed by atoms with Crippen LogP contribution in [0, 0.1) is 10.1 Å². The number of nitro benzene ring substituents is 1. The summed E-state index contributed by atoms with van der Waals surface area (Å²) in [5, 5.41) is 11.7. The zero-order valence-electron chi connectivity index (χ0n) is 12.5. The average Bonchev–Trinajstić information content (AvgIpc) is 3.17. The first-order valence-corrected chi connectivity index (χ1v) is 8.20. The molecule has 2 aromatic carbocycles. The van der Waals surface area contributed by atoms with E-state index < -0.39 is 4.92 Å². The number of non-ortho nitro benzene ring substituents is 1. The van der Waals surface area contributed by atoms with Crippen LogP contribution in [0.3, 0.4) is 0 Å². The molecule has 1 aliphatic heterocycles. The normalized spacial score (nSPS) is 13.3. The maximum absolute atomic E-state index is 13.0. The number of halogens is 1. The summed E-state index contributed by atoms with van der Waals surface area (Å²) in [7, 11) is 0. The highest BCUT2D eigenvalue weighted by Crippen LogP contribution is 2.33. The second kappa shape index (κ2) is 5.45. The molecule has 1 aliphatic rings. The van der Waals surface area contributed by atoms with Gasteiger partial charge in [-0.25, -0.2) is 0 Å². The quantitative estimate of drug-likeness (QED) is 0.533. The molecule has 2 heterocycles. The lowest BCUT2D eigenvalue weighted by Gasteiger charge is -2.16. The number of benzene rings is 2. The summed E-state index contributed by atoms with van der Waals surface area (Å²) in [4.78, 5) is 28.2. The number of anilines is 1. The molecule has 1 N–H and O–H groups in total. The van der Waals surface area contributed by atoms with E-state index in [1.54, 1.807) is 23.2 Å². The Bertz CT molecular complexity index is 996. The lowest BCUT2D eigenvalue weighted by atomic mass is 10.1. The van der Waals surface area contributed by atoms with Crippen molar-refractivity contribution in [2.75, 3.05) is 11.4 Å². The molecule has 6 nitrogen and oxygen atoms in total. The van der Waals surface area contributed by atoms with E-state index >= 15 is 0 Å². The molecular formula is C17H12BrN3O3. The molecular weight excluding hydrogens is 374 g/mol. The molecule has 0 bridgehead atoms. The first-order chi connectivity index (χ1) is 11.5. The van der Waals surface area contributed by atoms with Gasteiger partial charge in [0.1, 0.15) is 0 Å². The van der Waals surface area contributed by atoms with E-state index in [-0.39, 0.29) is 11.6 Å². The van der Waals surface area contributed by atoms with E-state index in [0.29, 0.717) is 18.5 Å². The van der Waals surface area contributed by atoms with Crippen molar-refractivity contribution in [2.45, 2.75) is 6.42 Å². The largest absolute Gasteiger partial charge is 0.360 e. The number of aromatic nitrogens is 1. The highest BCUT2D eigenvalue weighted by molar-refractivity contribution is 9.10. The molecule has 0 radical (unpaired) electrons. The van der Waals surface area contributed by atoms with Crippen LogP contribution in [0.5, 0.6) is 0 Å². The van der Waals surface area contributed by atoms with Gasteiger partial charge < -0.3 is 9.88 Å². The van der Waals surface area contributed by atoms with Gasteiger partial charge in [0.2, 0.25) is 0 Å². The van der Waals surface area contributed by atoms with Gasteiger partial charge in [-0.05, 0) is 36.2 Å². The van der Waals surface area contributed by atoms with Crippen LogP contribution in [-0.4, -0.2) is 22.4 Å². The standard InChI is InChI=1S/C17H12BrN3O3/c18-11-1-3-15-13(8-11)14(9-19-15)17(22)20-6-5-10-7-12(21(23)24)2-4-16(10)20/h1-4,7-9,19H,5-6H2. The summed E-state index contributed by atoms with van der Waals surface area (Å²) < 4.78 is 0.904. The lowest BCUT2D eigenvalue weighted by molar-refractivity contribution is -0.384. The van der Waals surface area contributed by atoms with E-state index in [4.69, 9.17) is 0 Å². The van der Waals surface area contributed by atoms with Crippen molar-refractivity contribution in [3.8, 4) is 0 Å². The molecule has 0 unspecified atom stereocenters. The SMILES string of the molecule is O=C(c1c[nH]c2ccc(Br)cc12)N1CCc2cc([N+](=O)[O-])ccc21. The summed E-state index contributed by atoms with van der Waals surface area (Å²) in [6.45, 7) is 0.524. The van der Waals surface area contributed by atoms with Crippen molar-refractivity contribution in [3.63, 3.8) is 0 Å². The highest BCUT2D eigenvalue weighted by Gasteiger charge is 2.28. The molecule has 24 heavy (non-hydrogen) atoms. The van der Waals surface area contributed by atoms with E-state index in [0.717, 1.165) is 26.6 Å². The third-order valence-electron chi connectivity index (χ3n) is 4.29. The number of hydrogen-bond acceptors (Lipinski definition) is 3. The Morgan fingerprint density at radius 3 is 2.88 bits per heavy atom. The lowest BCUT2D eigenvalue weighted by Crippen LogP contribution is -2.28. The first-order valence-electron chi connectivity index (χ1n) is 7.40. The number of amides is 1. The summed E-state index contributed by atoms with van der Waals surface area (Å²) >= 11 is 3.43. The molecule has 1 aromatic heterocycles. The average molecular weight is 386 g/mol. The van der Waals surface area contributed by atoms with Gasteiger partial charge in [-0.2, -0.15) is 0 Å². The number of hydrogen-bond donors (Lipinski definition) is 1. The van der Waals surface area contributed by atoms with Gasteiger partial charge in [-0.3, -0.25) is 14.9 Å². The van der Waals surface area contributed by atoms with Crippen LogP contribution in [-0.2, 0) is 6.42 Å². The maximum Gasteiger partial charge on any atom is 0.269 e. The number of fused-ring (bicyclic) bond motifs is 2. The second-order valence-corrected chi connectivity index (χ2v) is 6.58. The van der Waals surface area contributed by atoms with E-state index in [1.807, 2.05) is 18.2 Å². The van der Waals surface area contributed by atoms with Crippen molar-refractivity contribution in [1.29, 1.82) is 0 Å². The number of carbonyl (C=O) groups excluding carboxylic acids is 1. The maximum atomic E-state index is 13.0. The molecule has 0 saturated heterocycles. The smallest absolute Gasteiger partial charge is 0.269 e. The molecule has 3 aromatic rings. The Kier molecular flexibility index (Phi) is 3.38. The minimum absolute atomic E-state index is 0.0547. The summed E-state index contributed by atoms with van der Waals surface area (Å²) in [5.41, 5.74) is 3.12. The minimum atomic E-state index is -0.415. The van der Waals surface area contributed by atoms with Crippen molar-refractivity contribution in [2.24, 2.45) is 0 Å². The zero-order chi connectivity index (χ0) is 16.8. The zero-order valence-corrected chi connectivity index (χ0v) is 14.0. The number of carbonyl (C=O) groups is 1. The number of nitro groups is 1. The molecule has 7 heteroatoms. The van der Waals surface area contributed by atoms with Gasteiger partial charge >= 0.3 is 0 Å². The molecule has 0 fully saturated rings. The third-order valence-corrected chi connectivity index (χ3v) is 4.78. The van der Waals surface area contributed by atoms with Gasteiger partial charge in [0.25, 0.3) is 11.6 Å². The molecule has 0 atom stereocenters. The fourth-order valence-corrected chi connectivity index (χ4v) is 3.49. The van der Waals surface area contributed by atoms with Crippen LogP contribution >= 0.6 is 15.9 Å². The minimum Gasteiger partial charge on any atom is -0.360 e. The Balaban J connectivity index is 1.74. The van der Waals surface area contributed by atoms with Crippen molar-refractivity contribution in [1.82, 2.24) is 4.98 Å². The van der Waals surface area contributed by atoms with Gasteiger partial charge in [-0.1, -0.05) is 15.9 Å². The number of nitrogens with zero attached hydrogens (tertiary/aromatic N) is 2. The summed E-state index contributed by atoms with van der Waals surface area (Å²) in [6.07, 6.45) is 2.33. The number of H-pyrrole nitrogens is 1. The third kappa shape index (κ3) is 2.28. The van der Waals surface area contributed by atoms with Crippen LogP contribution in [0.15, 0.2) is 47.1 Å². The van der Waals surface area contributed by atoms with Crippen LogP contribution in [0.25, 0.3) is 10.9 Å². The van der Waals surface area contributed by atoms with E-state index in [1.165, 1.54) is 6.07 Å². The van der Waals surface area contributed by atoms with Gasteiger partial charge in [0, 0.05) is 45.9 Å². The van der Waals surface area contributed by atoms with Gasteiger partial charge in [0.15, 0.2) is 0 Å². The molecule has 1 amide bonds. The summed E-state index contributed by atoms with van der Waals surface area (Å²) in [5.74, 6) is -0.105. The van der Waals surface area contributed by atoms with Crippen molar-refractivity contribution in [3.05, 3.63) is 68.3 Å². The molecule has 0 aliphatic carbocycles. The monoisotopic (exact) mass is 385 g/mol. The van der Waals surface area contributed by atoms with Gasteiger partial charge in [0.05, 0.1) is 10.5 Å². The topological polar surface area (TPSA) is 79.2 Å². The molecule has 0 saturated carbocycles. The Hall–Kier alpha value is -2.67. The predicted molar refractivity (Wildman–Crippen MR) is 94.5 cm³/mol. The number of rotatable bonds is 2. The van der Waals surface area contributed by atoms with Crippen LogP contribution < -0.4 is 4.90 Å². The number of aromatic amines is 1. The van der Waals surface area contributed by atoms with E-state index in [2.05, 4.69) is 20.9 Å². The summed E-state index contributed by atoms with van der Waals surface area (Å²) in [6, 6.07) is 10.4. The molecule has 0 spiro atoms. The predicted octanol–water partition coefficient (Wildman–Crippen LogP) is 4.04. The van der Waals surface area contributed by atoms with E-state index in [9.17, 15) is 14.9 Å². The fourth-order valence-electron chi connectivity index (χ4n) is 3.13. The molecule has 4 rings (SSSR count). The second-order valence-electron chi connectivity index (χ2n) is 5.67. The number of nitrogens with one attached hydrogen (secondary N) is 1. The highest BCUT2D eigenvalue weighted by atomic mass is 79.9. The Morgan fingerprint density at radius 1 is 1.25 bits per heavy atom. The fraction of sp³-hybridized carbons (Fsp3) is 0.118. The first kappa shape index (κ1) is 14.9. The van der Waals surface area contributed by atoms with Gasteiger partial charge in [-0.15, -0.1) is 0 Å². The van der Waals surface area contributed by atoms with Crippen LogP contribution in [0.1, 0.15) is 15.9 Å². The van der Waals surface area contributed by atoms with Crippen LogP contribution in [0.4, 0.5) is 11.4 Å². The Morgan fingerprint density at radius 2 is 2.08 bits per heavy atom. The van der Waals surface area contributed by atoms with Crippen molar-refractivity contribution < 1.29 is 9.72 Å². The Labute approximate surface area is 145 Å². The van der Waals surface area contributed by atoms with Crippen molar-refractivity contribution >= 4 is 44.1 Å². The van der Waals surface area contributed by atoms with Crippen LogP contribution in [0.2, 0.25) is 0 Å².